The van der Waals surface area contributed by atoms with E-state index in [1.54, 1.807) is 43.3 Å². The number of carbonyl (C=O) groups excluding carboxylic acids is 1. The van der Waals surface area contributed by atoms with Crippen molar-refractivity contribution < 1.29 is 17.9 Å². The van der Waals surface area contributed by atoms with Crippen molar-refractivity contribution in [3.05, 3.63) is 46.4 Å². The van der Waals surface area contributed by atoms with E-state index in [1.165, 1.54) is 7.11 Å². The minimum Gasteiger partial charge on any atom is -0.497 e. The van der Waals surface area contributed by atoms with E-state index in [-0.39, 0.29) is 16.0 Å². The fraction of sp³-hybridized carbons (Fsp3) is 0.176. The molecule has 0 spiro atoms. The van der Waals surface area contributed by atoms with Crippen LogP contribution in [0.2, 0.25) is 0 Å². The second-order valence-corrected chi connectivity index (χ2v) is 9.70. The summed E-state index contributed by atoms with van der Waals surface area (Å²) in [7, 11) is -1.82. The summed E-state index contributed by atoms with van der Waals surface area (Å²) >= 11 is 4.45. The van der Waals surface area contributed by atoms with Crippen molar-refractivity contribution in [2.75, 3.05) is 18.2 Å². The Morgan fingerprint density at radius 1 is 1.27 bits per heavy atom. The average molecular weight is 455 g/mol. The minimum atomic E-state index is -3.35. The number of aromatic nitrogens is 1. The number of hydrogen-bond donors (Lipinski definition) is 1. The van der Waals surface area contributed by atoms with Gasteiger partial charge in [-0.3, -0.25) is 4.79 Å². The van der Waals surface area contributed by atoms with Gasteiger partial charge in [-0.25, -0.2) is 13.4 Å². The summed E-state index contributed by atoms with van der Waals surface area (Å²) in [5.41, 5.74) is 1.58. The second kappa shape index (κ2) is 7.34. The molecule has 0 fully saturated rings. The number of nitrogens with one attached hydrogen (secondary N) is 1. The molecule has 6 nitrogen and oxygen atoms in total. The first-order chi connectivity index (χ1) is 12.3. The number of ether oxygens (including phenoxy) is 1. The molecule has 1 aromatic heterocycles. The van der Waals surface area contributed by atoms with Gasteiger partial charge in [0.1, 0.15) is 5.75 Å². The normalized spacial score (nSPS) is 11.5. The lowest BCUT2D eigenvalue weighted by molar-refractivity contribution is 0.102. The topological polar surface area (TPSA) is 85.4 Å². The van der Waals surface area contributed by atoms with Crippen LogP contribution in [0.25, 0.3) is 10.2 Å². The van der Waals surface area contributed by atoms with Crippen molar-refractivity contribution in [1.29, 1.82) is 0 Å². The van der Waals surface area contributed by atoms with Crippen molar-refractivity contribution in [3.63, 3.8) is 0 Å². The standard InChI is InChI=1S/C17H15BrN2O4S2/c1-3-26(22,23)17-20-14-7-4-10(8-15(14)25-17)19-16(21)12-9-11(24-2)5-6-13(12)18/h4-9H,3H2,1-2H3,(H,19,21). The van der Waals surface area contributed by atoms with Crippen LogP contribution < -0.4 is 10.1 Å². The van der Waals surface area contributed by atoms with Gasteiger partial charge in [-0.15, -0.1) is 11.3 Å². The van der Waals surface area contributed by atoms with Gasteiger partial charge in [0.2, 0.25) is 14.2 Å². The maximum Gasteiger partial charge on any atom is 0.256 e. The maximum absolute atomic E-state index is 12.5. The van der Waals surface area contributed by atoms with Crippen molar-refractivity contribution in [2.24, 2.45) is 0 Å². The molecule has 0 aliphatic carbocycles. The van der Waals surface area contributed by atoms with Crippen molar-refractivity contribution in [2.45, 2.75) is 11.3 Å². The molecule has 1 N–H and O–H groups in total. The first kappa shape index (κ1) is 18.8. The number of carbonyl (C=O) groups is 1. The monoisotopic (exact) mass is 454 g/mol. The Hall–Kier alpha value is -1.97. The van der Waals surface area contributed by atoms with Crippen LogP contribution in [0.1, 0.15) is 17.3 Å². The van der Waals surface area contributed by atoms with E-state index in [0.29, 0.717) is 31.7 Å². The van der Waals surface area contributed by atoms with Gasteiger partial charge in [-0.05, 0) is 52.3 Å². The molecule has 3 rings (SSSR count). The molecule has 1 amide bonds. The van der Waals surface area contributed by atoms with Gasteiger partial charge in [-0.1, -0.05) is 6.92 Å². The Labute approximate surface area is 163 Å². The highest BCUT2D eigenvalue weighted by Gasteiger charge is 2.18. The Kier molecular flexibility index (Phi) is 5.31. The van der Waals surface area contributed by atoms with Crippen LogP contribution in [0.15, 0.2) is 45.2 Å². The van der Waals surface area contributed by atoms with Gasteiger partial charge in [0.25, 0.3) is 5.91 Å². The summed E-state index contributed by atoms with van der Waals surface area (Å²) in [5.74, 6) is 0.270. The number of sulfone groups is 1. The number of rotatable bonds is 5. The third-order valence-corrected chi connectivity index (χ3v) is 7.59. The van der Waals surface area contributed by atoms with Crippen LogP contribution in [0.5, 0.6) is 5.75 Å². The quantitative estimate of drug-likeness (QED) is 0.626. The van der Waals surface area contributed by atoms with Gasteiger partial charge < -0.3 is 10.1 Å². The van der Waals surface area contributed by atoms with Gasteiger partial charge in [0, 0.05) is 10.2 Å². The van der Waals surface area contributed by atoms with Crippen LogP contribution in [-0.4, -0.2) is 32.2 Å². The Bertz CT molecular complexity index is 1090. The number of fused-ring (bicyclic) bond motifs is 1. The molecule has 1 heterocycles. The third kappa shape index (κ3) is 3.74. The van der Waals surface area contributed by atoms with Crippen LogP contribution in [0, 0.1) is 0 Å². The number of hydrogen-bond acceptors (Lipinski definition) is 6. The van der Waals surface area contributed by atoms with E-state index >= 15 is 0 Å². The van der Waals surface area contributed by atoms with Gasteiger partial charge in [-0.2, -0.15) is 0 Å². The molecule has 0 saturated heterocycles. The summed E-state index contributed by atoms with van der Waals surface area (Å²) in [4.78, 5) is 16.7. The van der Waals surface area contributed by atoms with E-state index in [9.17, 15) is 13.2 Å². The van der Waals surface area contributed by atoms with Crippen molar-refractivity contribution >= 4 is 58.9 Å². The summed E-state index contributed by atoms with van der Waals surface area (Å²) in [6.45, 7) is 1.58. The fourth-order valence-electron chi connectivity index (χ4n) is 2.24. The highest BCUT2D eigenvalue weighted by atomic mass is 79.9. The molecule has 136 valence electrons. The molecule has 2 aromatic carbocycles. The number of halogens is 1. The molecule has 26 heavy (non-hydrogen) atoms. The van der Waals surface area contributed by atoms with Crippen molar-refractivity contribution in [1.82, 2.24) is 4.98 Å². The molecule has 0 radical (unpaired) electrons. The van der Waals surface area contributed by atoms with Crippen LogP contribution in [0.4, 0.5) is 5.69 Å². The number of nitrogens with zero attached hydrogens (tertiary/aromatic N) is 1. The van der Waals surface area contributed by atoms with E-state index in [2.05, 4.69) is 26.2 Å². The van der Waals surface area contributed by atoms with Gasteiger partial charge in [0.05, 0.1) is 28.6 Å². The lowest BCUT2D eigenvalue weighted by Gasteiger charge is -2.08. The smallest absolute Gasteiger partial charge is 0.256 e. The molecule has 0 atom stereocenters. The fourth-order valence-corrected chi connectivity index (χ4v) is 5.02. The molecule has 3 aromatic rings. The largest absolute Gasteiger partial charge is 0.497 e. The number of amides is 1. The zero-order chi connectivity index (χ0) is 18.9. The summed E-state index contributed by atoms with van der Waals surface area (Å²) in [6, 6.07) is 10.2. The molecule has 0 unspecified atom stereocenters. The molecular formula is C17H15BrN2O4S2. The number of benzene rings is 2. The number of thiazole rings is 1. The SMILES string of the molecule is CCS(=O)(=O)c1nc2ccc(NC(=O)c3cc(OC)ccc3Br)cc2s1. The molecule has 9 heteroatoms. The number of anilines is 1. The molecule has 0 aliphatic rings. The highest BCUT2D eigenvalue weighted by Crippen LogP contribution is 2.29. The lowest BCUT2D eigenvalue weighted by Crippen LogP contribution is -2.12. The van der Waals surface area contributed by atoms with E-state index in [4.69, 9.17) is 4.74 Å². The lowest BCUT2D eigenvalue weighted by atomic mass is 10.2. The first-order valence-electron chi connectivity index (χ1n) is 7.62. The zero-order valence-electron chi connectivity index (χ0n) is 13.9. The third-order valence-electron chi connectivity index (χ3n) is 3.69. The molecule has 0 aliphatic heterocycles. The van der Waals surface area contributed by atoms with Crippen LogP contribution in [0.3, 0.4) is 0 Å². The van der Waals surface area contributed by atoms with Gasteiger partial charge >= 0.3 is 0 Å². The predicted octanol–water partition coefficient (Wildman–Crippen LogP) is 4.11. The molecular weight excluding hydrogens is 440 g/mol. The van der Waals surface area contributed by atoms with E-state index < -0.39 is 9.84 Å². The summed E-state index contributed by atoms with van der Waals surface area (Å²) < 4.78 is 30.5. The second-order valence-electron chi connectivity index (χ2n) is 5.37. The van der Waals surface area contributed by atoms with Crippen LogP contribution in [-0.2, 0) is 9.84 Å². The highest BCUT2D eigenvalue weighted by molar-refractivity contribution is 9.10. The van der Waals surface area contributed by atoms with E-state index in [1.807, 2.05) is 0 Å². The zero-order valence-corrected chi connectivity index (χ0v) is 17.2. The Balaban J connectivity index is 1.90. The summed E-state index contributed by atoms with van der Waals surface area (Å²) in [5, 5.41) is 2.81. The minimum absolute atomic E-state index is 0.000280. The summed E-state index contributed by atoms with van der Waals surface area (Å²) in [6.07, 6.45) is 0. The Morgan fingerprint density at radius 2 is 2.04 bits per heavy atom. The number of methoxy groups -OCH3 is 1. The molecule has 0 bridgehead atoms. The van der Waals surface area contributed by atoms with Gasteiger partial charge in [0.15, 0.2) is 0 Å². The van der Waals surface area contributed by atoms with Crippen molar-refractivity contribution in [3.8, 4) is 5.75 Å². The predicted molar refractivity (Wildman–Crippen MR) is 106 cm³/mol. The first-order valence-corrected chi connectivity index (χ1v) is 10.9. The van der Waals surface area contributed by atoms with E-state index in [0.717, 1.165) is 11.3 Å². The average Bonchev–Trinajstić information content (AvgIpc) is 3.06. The Morgan fingerprint density at radius 3 is 2.73 bits per heavy atom. The molecule has 0 saturated carbocycles. The maximum atomic E-state index is 12.5. The van der Waals surface area contributed by atoms with Crippen LogP contribution >= 0.6 is 27.3 Å².